The topological polar surface area (TPSA) is 0 Å². The van der Waals surface area contributed by atoms with Crippen LogP contribution in [0.5, 0.6) is 0 Å². The first-order valence-corrected chi connectivity index (χ1v) is 5.23. The van der Waals surface area contributed by atoms with E-state index in [0.29, 0.717) is 0 Å². The van der Waals surface area contributed by atoms with Crippen LogP contribution < -0.4 is 0 Å². The molecule has 0 spiro atoms. The largest absolute Gasteiger partial charge is 0.0651 e. The average Bonchev–Trinajstić information content (AvgIpc) is 2.98. The van der Waals surface area contributed by atoms with Crippen LogP contribution in [0.15, 0.2) is 30.3 Å². The fraction of sp³-hybridized carbons (Fsp3) is 0.462. The lowest BCUT2D eigenvalue weighted by Crippen LogP contribution is -1.96. The summed E-state index contributed by atoms with van der Waals surface area (Å²) < 4.78 is 0. The maximum absolute atomic E-state index is 2.48. The molecule has 1 fully saturated rings. The Morgan fingerprint density at radius 1 is 1.23 bits per heavy atom. The molecule has 1 saturated carbocycles. The molecular weight excluding hydrogens is 156 g/mol. The van der Waals surface area contributed by atoms with Gasteiger partial charge in [0.1, 0.15) is 0 Å². The van der Waals surface area contributed by atoms with Crippen LogP contribution in [-0.4, -0.2) is 0 Å². The molecule has 69 valence electrons. The van der Waals surface area contributed by atoms with Crippen molar-refractivity contribution in [2.24, 2.45) is 11.8 Å². The molecule has 3 unspecified atom stereocenters. The lowest BCUT2D eigenvalue weighted by Gasteiger charge is -2.06. The molecule has 0 aromatic heterocycles. The van der Waals surface area contributed by atoms with Crippen molar-refractivity contribution in [3.63, 3.8) is 0 Å². The predicted octanol–water partition coefficient (Wildman–Crippen LogP) is 3.65. The Labute approximate surface area is 81.0 Å². The number of hydrogen-bond acceptors (Lipinski definition) is 0. The van der Waals surface area contributed by atoms with Gasteiger partial charge in [-0.25, -0.2) is 0 Å². The summed E-state index contributed by atoms with van der Waals surface area (Å²) in [4.78, 5) is 0. The van der Waals surface area contributed by atoms with Crippen molar-refractivity contribution in [2.75, 3.05) is 0 Å². The van der Waals surface area contributed by atoms with Crippen LogP contribution >= 0.6 is 0 Å². The minimum Gasteiger partial charge on any atom is -0.0651 e. The van der Waals surface area contributed by atoms with Crippen LogP contribution in [0.25, 0.3) is 0 Å². The summed E-state index contributed by atoms with van der Waals surface area (Å²) >= 11 is 0. The predicted molar refractivity (Wildman–Crippen MR) is 56.4 cm³/mol. The molecule has 13 heavy (non-hydrogen) atoms. The summed E-state index contributed by atoms with van der Waals surface area (Å²) in [5, 5.41) is 0. The Hall–Kier alpha value is -0.780. The van der Waals surface area contributed by atoms with Gasteiger partial charge in [0.05, 0.1) is 0 Å². The van der Waals surface area contributed by atoms with E-state index in [0.717, 1.165) is 17.8 Å². The molecule has 1 aromatic carbocycles. The Balaban J connectivity index is 2.00. The number of benzene rings is 1. The molecule has 0 heterocycles. The van der Waals surface area contributed by atoms with Gasteiger partial charge in [-0.3, -0.25) is 0 Å². The van der Waals surface area contributed by atoms with Crippen molar-refractivity contribution >= 4 is 0 Å². The summed E-state index contributed by atoms with van der Waals surface area (Å²) in [7, 11) is 0. The normalized spacial score (nSPS) is 28.5. The van der Waals surface area contributed by atoms with Gasteiger partial charge in [0, 0.05) is 0 Å². The van der Waals surface area contributed by atoms with E-state index in [1.165, 1.54) is 12.0 Å². The fourth-order valence-electron chi connectivity index (χ4n) is 2.00. The van der Waals surface area contributed by atoms with Crippen molar-refractivity contribution in [2.45, 2.75) is 26.2 Å². The van der Waals surface area contributed by atoms with Crippen molar-refractivity contribution in [3.8, 4) is 0 Å². The molecule has 1 aliphatic carbocycles. The minimum atomic E-state index is 0.746. The van der Waals surface area contributed by atoms with Crippen LogP contribution in [0.3, 0.4) is 0 Å². The molecule has 0 saturated heterocycles. The smallest absolute Gasteiger partial charge is 0.00938 e. The summed E-state index contributed by atoms with van der Waals surface area (Å²) in [6.45, 7) is 4.63. The molecule has 3 atom stereocenters. The van der Waals surface area contributed by atoms with E-state index in [9.17, 15) is 0 Å². The molecular formula is C13H17. The quantitative estimate of drug-likeness (QED) is 0.654. The van der Waals surface area contributed by atoms with Gasteiger partial charge in [0.25, 0.3) is 0 Å². The second-order valence-corrected chi connectivity index (χ2v) is 4.09. The summed E-state index contributed by atoms with van der Waals surface area (Å²) in [5.74, 6) is 2.44. The van der Waals surface area contributed by atoms with E-state index >= 15 is 0 Å². The van der Waals surface area contributed by atoms with Crippen molar-refractivity contribution in [1.82, 2.24) is 0 Å². The van der Waals surface area contributed by atoms with E-state index < -0.39 is 0 Å². The standard InChI is InChI=1S/C13H17/c1-3-10(2)12-9-13(12)11-7-5-4-6-8-11/h4-10,12-13H,3H2,1-2H3. The highest BCUT2D eigenvalue weighted by molar-refractivity contribution is 5.33. The fourth-order valence-corrected chi connectivity index (χ4v) is 2.00. The monoisotopic (exact) mass is 173 g/mol. The average molecular weight is 173 g/mol. The molecule has 0 heteroatoms. The molecule has 0 N–H and O–H groups in total. The lowest BCUT2D eigenvalue weighted by molar-refractivity contribution is 0.492. The van der Waals surface area contributed by atoms with E-state index in [1.54, 1.807) is 0 Å². The van der Waals surface area contributed by atoms with Crippen molar-refractivity contribution in [1.29, 1.82) is 0 Å². The summed E-state index contributed by atoms with van der Waals surface area (Å²) in [6, 6.07) is 10.8. The van der Waals surface area contributed by atoms with E-state index in [-0.39, 0.29) is 0 Å². The second kappa shape index (κ2) is 3.53. The maximum Gasteiger partial charge on any atom is -0.00938 e. The van der Waals surface area contributed by atoms with Crippen LogP contribution in [0.4, 0.5) is 0 Å². The minimum absolute atomic E-state index is 0.746. The Bertz CT molecular complexity index is 263. The number of rotatable bonds is 3. The van der Waals surface area contributed by atoms with Gasteiger partial charge in [-0.1, -0.05) is 50.6 Å². The third-order valence-electron chi connectivity index (χ3n) is 3.19. The molecule has 0 nitrogen and oxygen atoms in total. The zero-order valence-corrected chi connectivity index (χ0v) is 8.40. The third-order valence-corrected chi connectivity index (χ3v) is 3.19. The molecule has 2 rings (SSSR count). The van der Waals surface area contributed by atoms with Gasteiger partial charge in [0.2, 0.25) is 0 Å². The van der Waals surface area contributed by atoms with Gasteiger partial charge in [-0.2, -0.15) is 0 Å². The maximum atomic E-state index is 2.48. The molecule has 1 aromatic rings. The van der Waals surface area contributed by atoms with Gasteiger partial charge >= 0.3 is 0 Å². The SMILES string of the molecule is CCC(C)C1[CH]C1c1ccccc1. The van der Waals surface area contributed by atoms with Crippen LogP contribution in [-0.2, 0) is 0 Å². The lowest BCUT2D eigenvalue weighted by atomic mass is 9.99. The second-order valence-electron chi connectivity index (χ2n) is 4.09. The van der Waals surface area contributed by atoms with Crippen LogP contribution in [0.2, 0.25) is 0 Å². The zero-order valence-electron chi connectivity index (χ0n) is 8.40. The Morgan fingerprint density at radius 3 is 2.54 bits per heavy atom. The van der Waals surface area contributed by atoms with Gasteiger partial charge in [-0.05, 0) is 29.7 Å². The first-order valence-electron chi connectivity index (χ1n) is 5.23. The van der Waals surface area contributed by atoms with Crippen molar-refractivity contribution < 1.29 is 0 Å². The summed E-state index contributed by atoms with van der Waals surface area (Å²) in [5.41, 5.74) is 1.49. The first kappa shape index (κ1) is 8.80. The number of hydrogen-bond donors (Lipinski definition) is 0. The Kier molecular flexibility index (Phi) is 2.39. The molecule has 0 bridgehead atoms. The van der Waals surface area contributed by atoms with E-state index in [4.69, 9.17) is 0 Å². The summed E-state index contributed by atoms with van der Waals surface area (Å²) in [6.07, 6.45) is 3.77. The Morgan fingerprint density at radius 2 is 1.92 bits per heavy atom. The van der Waals surface area contributed by atoms with Gasteiger partial charge in [0.15, 0.2) is 0 Å². The molecule has 0 aliphatic heterocycles. The highest BCUT2D eigenvalue weighted by Crippen LogP contribution is 2.51. The highest BCUT2D eigenvalue weighted by atomic mass is 14.4. The van der Waals surface area contributed by atoms with Crippen LogP contribution in [0, 0.1) is 18.3 Å². The van der Waals surface area contributed by atoms with Crippen molar-refractivity contribution in [3.05, 3.63) is 42.3 Å². The van der Waals surface area contributed by atoms with Crippen LogP contribution in [0.1, 0.15) is 31.7 Å². The zero-order chi connectivity index (χ0) is 9.26. The third kappa shape index (κ3) is 1.77. The van der Waals surface area contributed by atoms with Gasteiger partial charge in [-0.15, -0.1) is 0 Å². The van der Waals surface area contributed by atoms with Gasteiger partial charge < -0.3 is 0 Å². The van der Waals surface area contributed by atoms with E-state index in [2.05, 4.69) is 50.6 Å². The molecule has 0 amide bonds. The van der Waals surface area contributed by atoms with E-state index in [1.807, 2.05) is 0 Å². The first-order chi connectivity index (χ1) is 6.33. The molecule has 1 radical (unpaired) electrons. The molecule has 1 aliphatic rings. The highest BCUT2D eigenvalue weighted by Gasteiger charge is 2.41.